The maximum Gasteiger partial charge on any atom is 0.127 e. The molecule has 2 heteroatoms. The number of aldehydes is 1. The third-order valence-corrected chi connectivity index (χ3v) is 4.38. The van der Waals surface area contributed by atoms with Crippen LogP contribution in [-0.4, -0.2) is 30.8 Å². The lowest BCUT2D eigenvalue weighted by Crippen LogP contribution is -2.43. The number of piperidine rings is 1. The van der Waals surface area contributed by atoms with E-state index in [-0.39, 0.29) is 5.41 Å². The van der Waals surface area contributed by atoms with Crippen LogP contribution in [0, 0.1) is 11.3 Å². The van der Waals surface area contributed by atoms with Crippen molar-refractivity contribution in [3.63, 3.8) is 0 Å². The van der Waals surface area contributed by atoms with Crippen LogP contribution < -0.4 is 0 Å². The summed E-state index contributed by atoms with van der Waals surface area (Å²) in [6.45, 7) is 9.91. The van der Waals surface area contributed by atoms with E-state index in [1.807, 2.05) is 0 Å². The zero-order valence-corrected chi connectivity index (χ0v) is 11.2. The highest BCUT2D eigenvalue weighted by molar-refractivity contribution is 5.59. The number of hydrogen-bond acceptors (Lipinski definition) is 2. The van der Waals surface area contributed by atoms with Gasteiger partial charge in [0.2, 0.25) is 0 Å². The summed E-state index contributed by atoms with van der Waals surface area (Å²) in [6, 6.07) is 0. The molecule has 1 aliphatic heterocycles. The number of hydrogen-bond donors (Lipinski definition) is 0. The summed E-state index contributed by atoms with van der Waals surface area (Å²) in [7, 11) is 0. The van der Waals surface area contributed by atoms with Crippen LogP contribution in [0.2, 0.25) is 0 Å². The van der Waals surface area contributed by atoms with Crippen molar-refractivity contribution < 1.29 is 4.79 Å². The standard InChI is InChI=1S/C14H27NO/c1-4-13-8-7-9-15(10-13)11-14(5-2,6-3)12-16/h12-13H,4-11H2,1-3H3. The fourth-order valence-corrected chi connectivity index (χ4v) is 2.75. The Bertz CT molecular complexity index is 211. The lowest BCUT2D eigenvalue weighted by molar-refractivity contribution is -0.118. The SMILES string of the molecule is CCC1CCCN(CC(C=O)(CC)CC)C1. The van der Waals surface area contributed by atoms with E-state index >= 15 is 0 Å². The lowest BCUT2D eigenvalue weighted by atomic mass is 9.82. The van der Waals surface area contributed by atoms with Gasteiger partial charge in [-0.1, -0.05) is 27.2 Å². The summed E-state index contributed by atoms with van der Waals surface area (Å²) in [6.07, 6.45) is 7.10. The quantitative estimate of drug-likeness (QED) is 0.647. The molecule has 16 heavy (non-hydrogen) atoms. The smallest absolute Gasteiger partial charge is 0.127 e. The molecule has 1 fully saturated rings. The molecule has 0 aromatic carbocycles. The maximum absolute atomic E-state index is 11.3. The third-order valence-electron chi connectivity index (χ3n) is 4.38. The molecule has 0 aromatic heterocycles. The molecule has 94 valence electrons. The predicted molar refractivity (Wildman–Crippen MR) is 68.5 cm³/mol. The zero-order valence-electron chi connectivity index (χ0n) is 11.2. The summed E-state index contributed by atoms with van der Waals surface area (Å²) in [5.41, 5.74) is -0.0877. The summed E-state index contributed by atoms with van der Waals surface area (Å²) in [5, 5.41) is 0. The molecule has 0 spiro atoms. The molecule has 0 bridgehead atoms. The van der Waals surface area contributed by atoms with Crippen LogP contribution in [0.15, 0.2) is 0 Å². The number of carbonyl (C=O) groups excluding carboxylic acids is 1. The van der Waals surface area contributed by atoms with Crippen molar-refractivity contribution in [3.05, 3.63) is 0 Å². The number of nitrogens with zero attached hydrogens (tertiary/aromatic N) is 1. The first kappa shape index (κ1) is 13.7. The Balaban J connectivity index is 2.54. The van der Waals surface area contributed by atoms with E-state index in [2.05, 4.69) is 25.7 Å². The van der Waals surface area contributed by atoms with Crippen molar-refractivity contribution in [2.24, 2.45) is 11.3 Å². The molecule has 1 atom stereocenters. The highest BCUT2D eigenvalue weighted by Gasteiger charge is 2.30. The normalized spacial score (nSPS) is 23.3. The van der Waals surface area contributed by atoms with Crippen LogP contribution in [0.25, 0.3) is 0 Å². The van der Waals surface area contributed by atoms with Crippen LogP contribution >= 0.6 is 0 Å². The van der Waals surface area contributed by atoms with Gasteiger partial charge in [0.15, 0.2) is 0 Å². The lowest BCUT2D eigenvalue weighted by Gasteiger charge is -2.38. The Labute approximate surface area is 100 Å². The van der Waals surface area contributed by atoms with E-state index in [1.54, 1.807) is 0 Å². The molecule has 1 unspecified atom stereocenters. The van der Waals surface area contributed by atoms with Gasteiger partial charge in [-0.05, 0) is 38.1 Å². The van der Waals surface area contributed by atoms with Crippen LogP contribution in [0.3, 0.4) is 0 Å². The topological polar surface area (TPSA) is 20.3 Å². The Hall–Kier alpha value is -0.370. The highest BCUT2D eigenvalue weighted by atomic mass is 16.1. The molecule has 2 nitrogen and oxygen atoms in total. The second kappa shape index (κ2) is 6.39. The first-order valence-corrected chi connectivity index (χ1v) is 6.88. The minimum absolute atomic E-state index is 0.0877. The van der Waals surface area contributed by atoms with Gasteiger partial charge in [-0.3, -0.25) is 0 Å². The Kier molecular flexibility index (Phi) is 5.47. The van der Waals surface area contributed by atoms with Gasteiger partial charge in [0.25, 0.3) is 0 Å². The third kappa shape index (κ3) is 3.31. The number of rotatable bonds is 6. The van der Waals surface area contributed by atoms with Gasteiger partial charge in [0.05, 0.1) is 0 Å². The number of carbonyl (C=O) groups is 1. The first-order chi connectivity index (χ1) is 7.69. The van der Waals surface area contributed by atoms with Crippen molar-refractivity contribution >= 4 is 6.29 Å². The van der Waals surface area contributed by atoms with E-state index < -0.39 is 0 Å². The molecule has 0 radical (unpaired) electrons. The van der Waals surface area contributed by atoms with Gasteiger partial charge in [-0.15, -0.1) is 0 Å². The van der Waals surface area contributed by atoms with Crippen molar-refractivity contribution in [3.8, 4) is 0 Å². The Morgan fingerprint density at radius 2 is 2.00 bits per heavy atom. The fraction of sp³-hybridized carbons (Fsp3) is 0.929. The van der Waals surface area contributed by atoms with Crippen molar-refractivity contribution in [1.29, 1.82) is 0 Å². The molecule has 0 aliphatic carbocycles. The molecular weight excluding hydrogens is 198 g/mol. The van der Waals surface area contributed by atoms with E-state index in [4.69, 9.17) is 0 Å². The first-order valence-electron chi connectivity index (χ1n) is 6.88. The second-order valence-electron chi connectivity index (χ2n) is 5.34. The summed E-state index contributed by atoms with van der Waals surface area (Å²) < 4.78 is 0. The molecule has 1 aliphatic rings. The largest absolute Gasteiger partial charge is 0.303 e. The molecule has 0 aromatic rings. The molecule has 1 rings (SSSR count). The summed E-state index contributed by atoms with van der Waals surface area (Å²) in [5.74, 6) is 0.854. The van der Waals surface area contributed by atoms with E-state index in [0.717, 1.165) is 25.3 Å². The Morgan fingerprint density at radius 1 is 1.31 bits per heavy atom. The van der Waals surface area contributed by atoms with Gasteiger partial charge >= 0.3 is 0 Å². The van der Waals surface area contributed by atoms with Crippen LogP contribution in [0.1, 0.15) is 52.9 Å². The van der Waals surface area contributed by atoms with E-state index in [0.29, 0.717) is 0 Å². The van der Waals surface area contributed by atoms with Gasteiger partial charge in [-0.25, -0.2) is 0 Å². The summed E-state index contributed by atoms with van der Waals surface area (Å²) >= 11 is 0. The van der Waals surface area contributed by atoms with E-state index in [9.17, 15) is 4.79 Å². The molecule has 0 amide bonds. The van der Waals surface area contributed by atoms with Gasteiger partial charge in [-0.2, -0.15) is 0 Å². The predicted octanol–water partition coefficient (Wildman–Crippen LogP) is 3.11. The van der Waals surface area contributed by atoms with Crippen LogP contribution in [-0.2, 0) is 4.79 Å². The molecule has 0 N–H and O–H groups in total. The van der Waals surface area contributed by atoms with Gasteiger partial charge < -0.3 is 9.69 Å². The minimum Gasteiger partial charge on any atom is -0.303 e. The molecule has 0 saturated carbocycles. The van der Waals surface area contributed by atoms with Gasteiger partial charge in [0, 0.05) is 18.5 Å². The number of likely N-dealkylation sites (tertiary alicyclic amines) is 1. The van der Waals surface area contributed by atoms with Crippen molar-refractivity contribution in [2.75, 3.05) is 19.6 Å². The second-order valence-corrected chi connectivity index (χ2v) is 5.34. The fourth-order valence-electron chi connectivity index (χ4n) is 2.75. The Morgan fingerprint density at radius 3 is 2.50 bits per heavy atom. The van der Waals surface area contributed by atoms with Crippen molar-refractivity contribution in [1.82, 2.24) is 4.90 Å². The summed E-state index contributed by atoms with van der Waals surface area (Å²) in [4.78, 5) is 13.8. The van der Waals surface area contributed by atoms with Crippen LogP contribution in [0.5, 0.6) is 0 Å². The van der Waals surface area contributed by atoms with Gasteiger partial charge in [0.1, 0.15) is 6.29 Å². The highest BCUT2D eigenvalue weighted by Crippen LogP contribution is 2.28. The molecular formula is C14H27NO. The monoisotopic (exact) mass is 225 g/mol. The molecule has 1 saturated heterocycles. The zero-order chi connectivity index (χ0) is 12.0. The molecule has 1 heterocycles. The average Bonchev–Trinajstić information content (AvgIpc) is 2.36. The van der Waals surface area contributed by atoms with Crippen LogP contribution in [0.4, 0.5) is 0 Å². The maximum atomic E-state index is 11.3. The van der Waals surface area contributed by atoms with E-state index in [1.165, 1.54) is 38.6 Å². The minimum atomic E-state index is -0.0877. The average molecular weight is 225 g/mol. The van der Waals surface area contributed by atoms with Crippen molar-refractivity contribution in [2.45, 2.75) is 52.9 Å².